The molecule has 60 valence electrons. The molecule has 11 heavy (non-hydrogen) atoms. The van der Waals surface area contributed by atoms with Gasteiger partial charge in [-0.25, -0.2) is 0 Å². The molecular weight excluding hydrogens is 249 g/mol. The SMILES string of the molecule is Cc1cc(C(C)N)ccc1I. The highest BCUT2D eigenvalue weighted by Crippen LogP contribution is 2.16. The van der Waals surface area contributed by atoms with Crippen molar-refractivity contribution < 1.29 is 0 Å². The molecular formula is C9H12IN. The summed E-state index contributed by atoms with van der Waals surface area (Å²) < 4.78 is 1.30. The first-order valence-electron chi connectivity index (χ1n) is 3.63. The van der Waals surface area contributed by atoms with E-state index in [0.717, 1.165) is 0 Å². The molecule has 1 atom stereocenters. The third-order valence-corrected chi connectivity index (χ3v) is 2.92. The Morgan fingerprint density at radius 1 is 1.45 bits per heavy atom. The largest absolute Gasteiger partial charge is 0.324 e. The van der Waals surface area contributed by atoms with Crippen LogP contribution in [0.1, 0.15) is 24.1 Å². The Morgan fingerprint density at radius 3 is 2.55 bits per heavy atom. The van der Waals surface area contributed by atoms with E-state index in [4.69, 9.17) is 5.73 Å². The maximum absolute atomic E-state index is 5.73. The summed E-state index contributed by atoms with van der Waals surface area (Å²) in [6, 6.07) is 6.48. The van der Waals surface area contributed by atoms with Crippen molar-refractivity contribution in [1.82, 2.24) is 0 Å². The zero-order valence-electron chi connectivity index (χ0n) is 6.76. The zero-order valence-corrected chi connectivity index (χ0v) is 8.92. The van der Waals surface area contributed by atoms with Crippen molar-refractivity contribution in [3.8, 4) is 0 Å². The lowest BCUT2D eigenvalue weighted by Crippen LogP contribution is -2.05. The number of nitrogens with two attached hydrogens (primary N) is 1. The normalized spacial score (nSPS) is 13.1. The van der Waals surface area contributed by atoms with Gasteiger partial charge >= 0.3 is 0 Å². The Morgan fingerprint density at radius 2 is 2.09 bits per heavy atom. The van der Waals surface area contributed by atoms with Crippen LogP contribution < -0.4 is 5.73 Å². The molecule has 1 nitrogen and oxygen atoms in total. The van der Waals surface area contributed by atoms with Gasteiger partial charge in [0.1, 0.15) is 0 Å². The van der Waals surface area contributed by atoms with E-state index in [1.54, 1.807) is 0 Å². The maximum atomic E-state index is 5.73. The minimum atomic E-state index is 0.144. The molecule has 0 aliphatic carbocycles. The summed E-state index contributed by atoms with van der Waals surface area (Å²) in [7, 11) is 0. The van der Waals surface area contributed by atoms with Crippen molar-refractivity contribution in [3.05, 3.63) is 32.9 Å². The van der Waals surface area contributed by atoms with E-state index in [0.29, 0.717) is 0 Å². The summed E-state index contributed by atoms with van der Waals surface area (Å²) in [5, 5.41) is 0. The smallest absolute Gasteiger partial charge is 0.0266 e. The van der Waals surface area contributed by atoms with Crippen molar-refractivity contribution in [2.45, 2.75) is 19.9 Å². The first-order chi connectivity index (χ1) is 5.11. The molecule has 0 aliphatic heterocycles. The van der Waals surface area contributed by atoms with Crippen molar-refractivity contribution >= 4 is 22.6 Å². The fourth-order valence-corrected chi connectivity index (χ4v) is 1.29. The van der Waals surface area contributed by atoms with Gasteiger partial charge in [0.2, 0.25) is 0 Å². The minimum Gasteiger partial charge on any atom is -0.324 e. The summed E-state index contributed by atoms with van der Waals surface area (Å²) in [6.45, 7) is 4.11. The van der Waals surface area contributed by atoms with Crippen LogP contribution in [-0.2, 0) is 0 Å². The van der Waals surface area contributed by atoms with Gasteiger partial charge in [0.05, 0.1) is 0 Å². The fourth-order valence-electron chi connectivity index (χ4n) is 0.951. The molecule has 1 aromatic rings. The van der Waals surface area contributed by atoms with Crippen molar-refractivity contribution in [2.24, 2.45) is 5.73 Å². The van der Waals surface area contributed by atoms with E-state index in [2.05, 4.69) is 47.7 Å². The zero-order chi connectivity index (χ0) is 8.43. The molecule has 2 N–H and O–H groups in total. The van der Waals surface area contributed by atoms with Crippen molar-refractivity contribution in [1.29, 1.82) is 0 Å². The average molecular weight is 261 g/mol. The third-order valence-electron chi connectivity index (χ3n) is 1.71. The van der Waals surface area contributed by atoms with Crippen LogP contribution in [0.4, 0.5) is 0 Å². The fraction of sp³-hybridized carbons (Fsp3) is 0.333. The maximum Gasteiger partial charge on any atom is 0.0266 e. The molecule has 0 bridgehead atoms. The lowest BCUT2D eigenvalue weighted by Gasteiger charge is -2.06. The molecule has 0 spiro atoms. The average Bonchev–Trinajstić information content (AvgIpc) is 1.94. The minimum absolute atomic E-state index is 0.144. The molecule has 1 rings (SSSR count). The highest BCUT2D eigenvalue weighted by atomic mass is 127. The third kappa shape index (κ3) is 2.17. The second-order valence-corrected chi connectivity index (χ2v) is 3.96. The summed E-state index contributed by atoms with van der Waals surface area (Å²) in [4.78, 5) is 0. The number of hydrogen-bond acceptors (Lipinski definition) is 1. The van der Waals surface area contributed by atoms with E-state index in [1.165, 1.54) is 14.7 Å². The topological polar surface area (TPSA) is 26.0 Å². The van der Waals surface area contributed by atoms with Crippen LogP contribution in [0.5, 0.6) is 0 Å². The van der Waals surface area contributed by atoms with E-state index in [9.17, 15) is 0 Å². The van der Waals surface area contributed by atoms with Gasteiger partial charge in [-0.1, -0.05) is 12.1 Å². The summed E-state index contributed by atoms with van der Waals surface area (Å²) in [5.41, 5.74) is 8.25. The van der Waals surface area contributed by atoms with Crippen LogP contribution >= 0.6 is 22.6 Å². The molecule has 0 amide bonds. The highest BCUT2D eigenvalue weighted by molar-refractivity contribution is 14.1. The second-order valence-electron chi connectivity index (χ2n) is 2.80. The van der Waals surface area contributed by atoms with Crippen molar-refractivity contribution in [3.63, 3.8) is 0 Å². The van der Waals surface area contributed by atoms with Crippen LogP contribution in [0.15, 0.2) is 18.2 Å². The molecule has 0 saturated heterocycles. The first-order valence-corrected chi connectivity index (χ1v) is 4.71. The molecule has 1 aromatic carbocycles. The van der Waals surface area contributed by atoms with E-state index < -0.39 is 0 Å². The predicted octanol–water partition coefficient (Wildman–Crippen LogP) is 2.62. The molecule has 1 unspecified atom stereocenters. The second kappa shape index (κ2) is 3.54. The lowest BCUT2D eigenvalue weighted by atomic mass is 10.1. The van der Waals surface area contributed by atoms with Gasteiger partial charge in [-0.3, -0.25) is 0 Å². The lowest BCUT2D eigenvalue weighted by molar-refractivity contribution is 0.816. The molecule has 0 fully saturated rings. The number of halogens is 1. The molecule has 0 radical (unpaired) electrons. The van der Waals surface area contributed by atoms with Crippen LogP contribution in [0.3, 0.4) is 0 Å². The molecule has 0 saturated carbocycles. The van der Waals surface area contributed by atoms with Gasteiger partial charge in [0.15, 0.2) is 0 Å². The monoisotopic (exact) mass is 261 g/mol. The van der Waals surface area contributed by atoms with Crippen LogP contribution in [0.25, 0.3) is 0 Å². The first kappa shape index (κ1) is 9.00. The van der Waals surface area contributed by atoms with Gasteiger partial charge in [0.25, 0.3) is 0 Å². The number of benzene rings is 1. The quantitative estimate of drug-likeness (QED) is 0.772. The molecule has 0 heterocycles. The number of aryl methyl sites for hydroxylation is 1. The van der Waals surface area contributed by atoms with Crippen molar-refractivity contribution in [2.75, 3.05) is 0 Å². The van der Waals surface area contributed by atoms with Gasteiger partial charge in [-0.2, -0.15) is 0 Å². The summed E-state index contributed by atoms with van der Waals surface area (Å²) in [6.07, 6.45) is 0. The van der Waals surface area contributed by atoms with Crippen LogP contribution in [-0.4, -0.2) is 0 Å². The number of hydrogen-bond donors (Lipinski definition) is 1. The van der Waals surface area contributed by atoms with E-state index in [1.807, 2.05) is 6.92 Å². The summed E-state index contributed by atoms with van der Waals surface area (Å²) >= 11 is 2.32. The Kier molecular flexibility index (Phi) is 2.90. The van der Waals surface area contributed by atoms with Crippen LogP contribution in [0.2, 0.25) is 0 Å². The van der Waals surface area contributed by atoms with Gasteiger partial charge in [-0.05, 0) is 53.6 Å². The van der Waals surface area contributed by atoms with Crippen LogP contribution in [0, 0.1) is 10.5 Å². The Bertz CT molecular complexity index is 256. The number of rotatable bonds is 1. The highest BCUT2D eigenvalue weighted by Gasteiger charge is 2.00. The predicted molar refractivity (Wildman–Crippen MR) is 56.5 cm³/mol. The molecule has 0 aliphatic rings. The Labute approximate surface area is 81.1 Å². The summed E-state index contributed by atoms with van der Waals surface area (Å²) in [5.74, 6) is 0. The molecule has 2 heteroatoms. The van der Waals surface area contributed by atoms with Gasteiger partial charge in [0, 0.05) is 9.61 Å². The van der Waals surface area contributed by atoms with E-state index in [-0.39, 0.29) is 6.04 Å². The molecule has 0 aromatic heterocycles. The van der Waals surface area contributed by atoms with Gasteiger partial charge in [-0.15, -0.1) is 0 Å². The Hall–Kier alpha value is -0.0900. The Balaban J connectivity index is 3.05. The van der Waals surface area contributed by atoms with E-state index >= 15 is 0 Å². The standard InChI is InChI=1S/C9H12IN/c1-6-5-8(7(2)11)3-4-9(6)10/h3-5,7H,11H2,1-2H3. The van der Waals surface area contributed by atoms with Gasteiger partial charge < -0.3 is 5.73 Å².